The second kappa shape index (κ2) is 5.91. The Morgan fingerprint density at radius 3 is 2.39 bits per heavy atom. The second-order valence-electron chi connectivity index (χ2n) is 4.85. The maximum absolute atomic E-state index is 10.9. The Bertz CT molecular complexity index is 488. The van der Waals surface area contributed by atoms with Gasteiger partial charge in [0.05, 0.1) is 0 Å². The average Bonchev–Trinajstić information content (AvgIpc) is 2.90. The van der Waals surface area contributed by atoms with Crippen molar-refractivity contribution in [2.75, 3.05) is 0 Å². The highest BCUT2D eigenvalue weighted by atomic mass is 32.1. The molecule has 1 unspecified atom stereocenters. The molecule has 2 aromatic rings. The van der Waals surface area contributed by atoms with Crippen LogP contribution in [0, 0.1) is 10.8 Å². The van der Waals surface area contributed by atoms with Crippen LogP contribution in [0.3, 0.4) is 0 Å². The summed E-state index contributed by atoms with van der Waals surface area (Å²) >= 11 is 1.72. The van der Waals surface area contributed by atoms with Gasteiger partial charge in [-0.25, -0.2) is 0 Å². The minimum atomic E-state index is -0.220. The summed E-state index contributed by atoms with van der Waals surface area (Å²) in [4.78, 5) is 12.2. The van der Waals surface area contributed by atoms with E-state index in [0.717, 1.165) is 12.0 Å². The van der Waals surface area contributed by atoms with Gasteiger partial charge in [0.1, 0.15) is 6.04 Å². The fourth-order valence-corrected chi connectivity index (χ4v) is 2.73. The molecule has 0 bridgehead atoms. The molecule has 0 amide bonds. The summed E-state index contributed by atoms with van der Waals surface area (Å²) in [5, 5.41) is 5.31. The third-order valence-electron chi connectivity index (χ3n) is 2.92. The Hall–Kier alpha value is -1.48. The number of nitroso groups, excluding NO2 is 1. The lowest BCUT2D eigenvalue weighted by Gasteiger charge is -2.12. The maximum Gasteiger partial charge on any atom is 0.117 e. The van der Waals surface area contributed by atoms with Crippen LogP contribution < -0.4 is 0 Å². The summed E-state index contributed by atoms with van der Waals surface area (Å²) in [6.45, 7) is 4.22. The lowest BCUT2D eigenvalue weighted by atomic mass is 9.97. The largest absolute Gasteiger partial charge is 0.150 e. The third-order valence-corrected chi connectivity index (χ3v) is 3.84. The van der Waals surface area contributed by atoms with E-state index >= 15 is 0 Å². The van der Waals surface area contributed by atoms with Crippen LogP contribution in [0.15, 0.2) is 47.0 Å². The monoisotopic (exact) mass is 259 g/mol. The highest BCUT2D eigenvalue weighted by Crippen LogP contribution is 2.29. The fourth-order valence-electron chi connectivity index (χ4n) is 2.00. The summed E-state index contributed by atoms with van der Waals surface area (Å²) in [6, 6.07) is 12.1. The first-order valence-electron chi connectivity index (χ1n) is 6.17. The first-order valence-corrected chi connectivity index (χ1v) is 7.05. The normalized spacial score (nSPS) is 12.6. The Labute approximate surface area is 112 Å². The number of nitrogens with zero attached hydrogens (tertiary/aromatic N) is 1. The second-order valence-corrected chi connectivity index (χ2v) is 5.80. The number of rotatable bonds is 5. The van der Waals surface area contributed by atoms with E-state index < -0.39 is 0 Å². The van der Waals surface area contributed by atoms with Gasteiger partial charge < -0.3 is 0 Å². The number of hydrogen-bond donors (Lipinski definition) is 0. The fraction of sp³-hybridized carbons (Fsp3) is 0.333. The van der Waals surface area contributed by atoms with Crippen LogP contribution in [-0.2, 0) is 0 Å². The molecular formula is C15H17NOS. The molecule has 18 heavy (non-hydrogen) atoms. The smallest absolute Gasteiger partial charge is 0.117 e. The molecule has 1 heterocycles. The minimum absolute atomic E-state index is 0.220. The van der Waals surface area contributed by atoms with Crippen LogP contribution >= 0.6 is 11.3 Å². The third kappa shape index (κ3) is 3.05. The van der Waals surface area contributed by atoms with Crippen molar-refractivity contribution in [2.45, 2.75) is 26.3 Å². The minimum Gasteiger partial charge on any atom is -0.150 e. The van der Waals surface area contributed by atoms with Crippen molar-refractivity contribution in [1.82, 2.24) is 0 Å². The van der Waals surface area contributed by atoms with Gasteiger partial charge in [-0.3, -0.25) is 0 Å². The van der Waals surface area contributed by atoms with Gasteiger partial charge in [-0.2, -0.15) is 4.91 Å². The molecule has 0 saturated carbocycles. The number of thiophene rings is 1. The highest BCUT2D eigenvalue weighted by Gasteiger charge is 2.13. The molecule has 0 N–H and O–H groups in total. The molecule has 1 aromatic heterocycles. The SMILES string of the molecule is CC(C)CC(N=O)c1ccc(-c2cccs2)cc1. The molecule has 0 aliphatic carbocycles. The van der Waals surface area contributed by atoms with Gasteiger partial charge in [-0.1, -0.05) is 49.4 Å². The van der Waals surface area contributed by atoms with E-state index in [1.54, 1.807) is 11.3 Å². The lowest BCUT2D eigenvalue weighted by Crippen LogP contribution is -1.99. The molecule has 1 aromatic carbocycles. The van der Waals surface area contributed by atoms with Gasteiger partial charge in [0.2, 0.25) is 0 Å². The zero-order valence-electron chi connectivity index (χ0n) is 10.7. The first-order chi connectivity index (χ1) is 8.70. The van der Waals surface area contributed by atoms with Crippen molar-refractivity contribution in [3.63, 3.8) is 0 Å². The van der Waals surface area contributed by atoms with E-state index in [-0.39, 0.29) is 6.04 Å². The van der Waals surface area contributed by atoms with Crippen LogP contribution in [0.4, 0.5) is 0 Å². The van der Waals surface area contributed by atoms with Crippen LogP contribution in [0.2, 0.25) is 0 Å². The van der Waals surface area contributed by atoms with Crippen LogP contribution in [0.1, 0.15) is 31.9 Å². The summed E-state index contributed by atoms with van der Waals surface area (Å²) in [6.07, 6.45) is 0.807. The standard InChI is InChI=1S/C15H17NOS/c1-11(2)10-14(16-17)12-5-7-13(8-6-12)15-4-3-9-18-15/h3-9,11,14H,10H2,1-2H3. The zero-order chi connectivity index (χ0) is 13.0. The first kappa shape index (κ1) is 13.0. The molecule has 0 aliphatic heterocycles. The van der Waals surface area contributed by atoms with E-state index in [2.05, 4.69) is 42.6 Å². The van der Waals surface area contributed by atoms with Crippen molar-refractivity contribution in [3.8, 4) is 10.4 Å². The van der Waals surface area contributed by atoms with E-state index in [9.17, 15) is 4.91 Å². The van der Waals surface area contributed by atoms with Crippen molar-refractivity contribution >= 4 is 11.3 Å². The molecule has 94 valence electrons. The van der Waals surface area contributed by atoms with Gasteiger partial charge in [0.15, 0.2) is 0 Å². The van der Waals surface area contributed by atoms with Gasteiger partial charge in [-0.15, -0.1) is 11.3 Å². The summed E-state index contributed by atoms with van der Waals surface area (Å²) < 4.78 is 0. The van der Waals surface area contributed by atoms with Gasteiger partial charge in [-0.05, 0) is 34.9 Å². The number of hydrogen-bond acceptors (Lipinski definition) is 3. The molecule has 0 fully saturated rings. The van der Waals surface area contributed by atoms with Gasteiger partial charge in [0.25, 0.3) is 0 Å². The molecule has 0 radical (unpaired) electrons. The summed E-state index contributed by atoms with van der Waals surface area (Å²) in [7, 11) is 0. The van der Waals surface area contributed by atoms with E-state index in [1.807, 2.05) is 18.2 Å². The van der Waals surface area contributed by atoms with E-state index in [4.69, 9.17) is 0 Å². The van der Waals surface area contributed by atoms with Crippen molar-refractivity contribution in [3.05, 3.63) is 52.2 Å². The molecule has 1 atom stereocenters. The van der Waals surface area contributed by atoms with Crippen LogP contribution in [0.5, 0.6) is 0 Å². The molecule has 0 spiro atoms. The molecular weight excluding hydrogens is 242 g/mol. The van der Waals surface area contributed by atoms with Gasteiger partial charge >= 0.3 is 0 Å². The summed E-state index contributed by atoms with van der Waals surface area (Å²) in [5.41, 5.74) is 2.21. The molecule has 0 aliphatic rings. The number of benzene rings is 1. The Kier molecular flexibility index (Phi) is 4.26. The van der Waals surface area contributed by atoms with Crippen LogP contribution in [0.25, 0.3) is 10.4 Å². The maximum atomic E-state index is 10.9. The van der Waals surface area contributed by atoms with Gasteiger partial charge in [0, 0.05) is 4.88 Å². The molecule has 3 heteroatoms. The van der Waals surface area contributed by atoms with Crippen molar-refractivity contribution in [2.24, 2.45) is 11.1 Å². The van der Waals surface area contributed by atoms with E-state index in [0.29, 0.717) is 5.92 Å². The van der Waals surface area contributed by atoms with Crippen molar-refractivity contribution < 1.29 is 0 Å². The van der Waals surface area contributed by atoms with Crippen molar-refractivity contribution in [1.29, 1.82) is 0 Å². The summed E-state index contributed by atoms with van der Waals surface area (Å²) in [5.74, 6) is 0.477. The predicted molar refractivity (Wildman–Crippen MR) is 77.7 cm³/mol. The molecule has 2 rings (SSSR count). The van der Waals surface area contributed by atoms with Crippen LogP contribution in [-0.4, -0.2) is 0 Å². The molecule has 0 saturated heterocycles. The lowest BCUT2D eigenvalue weighted by molar-refractivity contribution is 0.509. The predicted octanol–water partition coefficient (Wildman–Crippen LogP) is 5.27. The zero-order valence-corrected chi connectivity index (χ0v) is 11.5. The average molecular weight is 259 g/mol. The van der Waals surface area contributed by atoms with E-state index in [1.165, 1.54) is 10.4 Å². The Morgan fingerprint density at radius 2 is 1.89 bits per heavy atom. The Balaban J connectivity index is 2.18. The topological polar surface area (TPSA) is 29.4 Å². The molecule has 2 nitrogen and oxygen atoms in total. The highest BCUT2D eigenvalue weighted by molar-refractivity contribution is 7.13. The quantitative estimate of drug-likeness (QED) is 0.673. The Morgan fingerprint density at radius 1 is 1.17 bits per heavy atom.